The summed E-state index contributed by atoms with van der Waals surface area (Å²) >= 11 is 2.16. The molecule has 2 aromatic carbocycles. The SMILES string of the molecule is CC(=O)N(C(=O)C(=O)Nc1ccc(I)cc1C)c1ccc(N)cc1. The van der Waals surface area contributed by atoms with Crippen molar-refractivity contribution in [2.45, 2.75) is 13.8 Å². The lowest BCUT2D eigenvalue weighted by atomic mass is 10.2. The lowest BCUT2D eigenvalue weighted by Crippen LogP contribution is -2.42. The molecule has 0 atom stereocenters. The number of halogens is 1. The zero-order valence-corrected chi connectivity index (χ0v) is 15.3. The molecule has 6 nitrogen and oxygen atoms in total. The van der Waals surface area contributed by atoms with Crippen molar-refractivity contribution in [2.75, 3.05) is 16.0 Å². The Morgan fingerprint density at radius 2 is 1.71 bits per heavy atom. The molecule has 0 saturated heterocycles. The van der Waals surface area contributed by atoms with Crippen LogP contribution in [0.15, 0.2) is 42.5 Å². The maximum atomic E-state index is 12.4. The van der Waals surface area contributed by atoms with Crippen molar-refractivity contribution >= 4 is 57.4 Å². The van der Waals surface area contributed by atoms with Crippen LogP contribution < -0.4 is 16.0 Å². The van der Waals surface area contributed by atoms with E-state index < -0.39 is 17.7 Å². The number of hydrogen-bond donors (Lipinski definition) is 2. The Bertz CT molecular complexity index is 803. The van der Waals surface area contributed by atoms with Crippen LogP contribution in [-0.4, -0.2) is 17.7 Å². The molecule has 24 heavy (non-hydrogen) atoms. The highest BCUT2D eigenvalue weighted by Gasteiger charge is 2.27. The summed E-state index contributed by atoms with van der Waals surface area (Å²) in [5.41, 5.74) is 7.73. The quantitative estimate of drug-likeness (QED) is 0.430. The third-order valence-corrected chi connectivity index (χ3v) is 3.97. The Morgan fingerprint density at radius 1 is 1.08 bits per heavy atom. The van der Waals surface area contributed by atoms with Gasteiger partial charge < -0.3 is 11.1 Å². The summed E-state index contributed by atoms with van der Waals surface area (Å²) in [4.78, 5) is 37.3. The highest BCUT2D eigenvalue weighted by molar-refractivity contribution is 14.1. The zero-order valence-electron chi connectivity index (χ0n) is 13.2. The first kappa shape index (κ1) is 17.9. The molecule has 0 radical (unpaired) electrons. The summed E-state index contributed by atoms with van der Waals surface area (Å²) in [5.74, 6) is -2.39. The first-order valence-electron chi connectivity index (χ1n) is 7.07. The number of nitrogen functional groups attached to an aromatic ring is 1. The number of nitrogens with two attached hydrogens (primary N) is 1. The van der Waals surface area contributed by atoms with Crippen molar-refractivity contribution in [3.8, 4) is 0 Å². The monoisotopic (exact) mass is 437 g/mol. The first-order valence-corrected chi connectivity index (χ1v) is 8.15. The number of hydrogen-bond acceptors (Lipinski definition) is 4. The molecule has 7 heteroatoms. The molecule has 0 heterocycles. The predicted octanol–water partition coefficient (Wildman–Crippen LogP) is 2.70. The van der Waals surface area contributed by atoms with Crippen molar-refractivity contribution in [3.05, 3.63) is 51.6 Å². The number of carbonyl (C=O) groups excluding carboxylic acids is 3. The number of amides is 3. The average Bonchev–Trinajstić information content (AvgIpc) is 2.51. The first-order chi connectivity index (χ1) is 11.3. The standard InChI is InChI=1S/C17H16IN3O3/c1-10-9-12(18)3-8-15(10)20-16(23)17(24)21(11(2)22)14-6-4-13(19)5-7-14/h3-9H,19H2,1-2H3,(H,20,23). The minimum Gasteiger partial charge on any atom is -0.399 e. The number of imide groups is 1. The van der Waals surface area contributed by atoms with E-state index in [2.05, 4.69) is 27.9 Å². The molecule has 0 aromatic heterocycles. The molecule has 2 aromatic rings. The van der Waals surface area contributed by atoms with Crippen LogP contribution >= 0.6 is 22.6 Å². The van der Waals surface area contributed by atoms with E-state index in [1.54, 1.807) is 18.2 Å². The second kappa shape index (κ2) is 7.43. The normalized spacial score (nSPS) is 10.1. The summed E-state index contributed by atoms with van der Waals surface area (Å²) in [6, 6.07) is 11.5. The molecule has 0 aliphatic rings. The van der Waals surface area contributed by atoms with Gasteiger partial charge in [-0.05, 0) is 77.5 Å². The van der Waals surface area contributed by atoms with Gasteiger partial charge in [0, 0.05) is 21.9 Å². The van der Waals surface area contributed by atoms with Gasteiger partial charge in [0.05, 0.1) is 5.69 Å². The Kier molecular flexibility index (Phi) is 5.55. The molecule has 2 rings (SSSR count). The second-order valence-corrected chi connectivity index (χ2v) is 6.41. The van der Waals surface area contributed by atoms with Gasteiger partial charge in [0.25, 0.3) is 0 Å². The number of benzene rings is 2. The fourth-order valence-electron chi connectivity index (χ4n) is 2.11. The van der Waals surface area contributed by atoms with Crippen molar-refractivity contribution in [2.24, 2.45) is 0 Å². The number of aryl methyl sites for hydroxylation is 1. The zero-order chi connectivity index (χ0) is 17.9. The number of rotatable bonds is 2. The van der Waals surface area contributed by atoms with Crippen LogP contribution in [0.4, 0.5) is 17.1 Å². The molecule has 3 amide bonds. The van der Waals surface area contributed by atoms with E-state index in [1.807, 2.05) is 19.1 Å². The molecule has 3 N–H and O–H groups in total. The molecular weight excluding hydrogens is 421 g/mol. The van der Waals surface area contributed by atoms with Crippen LogP contribution in [0.3, 0.4) is 0 Å². The van der Waals surface area contributed by atoms with Crippen LogP contribution in [-0.2, 0) is 14.4 Å². The van der Waals surface area contributed by atoms with Gasteiger partial charge in [-0.25, -0.2) is 4.90 Å². The van der Waals surface area contributed by atoms with Crippen LogP contribution in [0.5, 0.6) is 0 Å². The van der Waals surface area contributed by atoms with Gasteiger partial charge >= 0.3 is 11.8 Å². The smallest absolute Gasteiger partial charge is 0.323 e. The number of nitrogens with zero attached hydrogens (tertiary/aromatic N) is 1. The van der Waals surface area contributed by atoms with E-state index in [9.17, 15) is 14.4 Å². The summed E-state index contributed by atoms with van der Waals surface area (Å²) in [6.07, 6.45) is 0. The maximum absolute atomic E-state index is 12.4. The summed E-state index contributed by atoms with van der Waals surface area (Å²) in [6.45, 7) is 3.04. The second-order valence-electron chi connectivity index (χ2n) is 5.16. The van der Waals surface area contributed by atoms with E-state index in [0.29, 0.717) is 11.4 Å². The van der Waals surface area contributed by atoms with Gasteiger partial charge in [0.2, 0.25) is 5.91 Å². The highest BCUT2D eigenvalue weighted by atomic mass is 127. The van der Waals surface area contributed by atoms with E-state index in [4.69, 9.17) is 5.73 Å². The van der Waals surface area contributed by atoms with Gasteiger partial charge in [0.1, 0.15) is 0 Å². The van der Waals surface area contributed by atoms with Crippen molar-refractivity contribution in [1.29, 1.82) is 0 Å². The van der Waals surface area contributed by atoms with Gasteiger partial charge in [-0.2, -0.15) is 0 Å². The Labute approximate surface area is 153 Å². The molecule has 0 saturated carbocycles. The predicted molar refractivity (Wildman–Crippen MR) is 102 cm³/mol. The third-order valence-electron chi connectivity index (χ3n) is 3.30. The molecule has 0 aliphatic carbocycles. The molecule has 0 aliphatic heterocycles. The maximum Gasteiger partial charge on any atom is 0.323 e. The Hall–Kier alpha value is -2.42. The molecular formula is C17H16IN3O3. The largest absolute Gasteiger partial charge is 0.399 e. The van der Waals surface area contributed by atoms with E-state index in [0.717, 1.165) is 14.0 Å². The molecule has 0 fully saturated rings. The highest BCUT2D eigenvalue weighted by Crippen LogP contribution is 2.20. The number of anilines is 3. The lowest BCUT2D eigenvalue weighted by Gasteiger charge is -2.19. The minimum absolute atomic E-state index is 0.288. The molecule has 124 valence electrons. The van der Waals surface area contributed by atoms with E-state index in [-0.39, 0.29) is 5.69 Å². The molecule has 0 spiro atoms. The number of carbonyl (C=O) groups is 3. The minimum atomic E-state index is -0.953. The molecule has 0 unspecified atom stereocenters. The van der Waals surface area contributed by atoms with Crippen LogP contribution in [0.25, 0.3) is 0 Å². The summed E-state index contributed by atoms with van der Waals surface area (Å²) in [5, 5.41) is 2.54. The average molecular weight is 437 g/mol. The third kappa shape index (κ3) is 4.10. The molecule has 0 bridgehead atoms. The van der Waals surface area contributed by atoms with Crippen LogP contribution in [0.1, 0.15) is 12.5 Å². The van der Waals surface area contributed by atoms with Gasteiger partial charge in [-0.3, -0.25) is 14.4 Å². The fraction of sp³-hybridized carbons (Fsp3) is 0.118. The van der Waals surface area contributed by atoms with Gasteiger partial charge in [-0.1, -0.05) is 0 Å². The van der Waals surface area contributed by atoms with Crippen LogP contribution in [0.2, 0.25) is 0 Å². The summed E-state index contributed by atoms with van der Waals surface area (Å²) in [7, 11) is 0. The topological polar surface area (TPSA) is 92.5 Å². The summed E-state index contributed by atoms with van der Waals surface area (Å²) < 4.78 is 1.02. The van der Waals surface area contributed by atoms with Gasteiger partial charge in [0.15, 0.2) is 0 Å². The van der Waals surface area contributed by atoms with E-state index in [1.165, 1.54) is 19.1 Å². The van der Waals surface area contributed by atoms with Crippen molar-refractivity contribution in [3.63, 3.8) is 0 Å². The van der Waals surface area contributed by atoms with Gasteiger partial charge in [-0.15, -0.1) is 0 Å². The van der Waals surface area contributed by atoms with Crippen molar-refractivity contribution < 1.29 is 14.4 Å². The Morgan fingerprint density at radius 3 is 2.25 bits per heavy atom. The number of nitrogens with one attached hydrogen (secondary N) is 1. The lowest BCUT2D eigenvalue weighted by molar-refractivity contribution is -0.136. The van der Waals surface area contributed by atoms with E-state index >= 15 is 0 Å². The van der Waals surface area contributed by atoms with Crippen molar-refractivity contribution in [1.82, 2.24) is 0 Å². The Balaban J connectivity index is 2.24. The fourth-order valence-corrected chi connectivity index (χ4v) is 2.76. The van der Waals surface area contributed by atoms with Crippen LogP contribution in [0, 0.1) is 10.5 Å².